The lowest BCUT2D eigenvalue weighted by Gasteiger charge is -2.31. The van der Waals surface area contributed by atoms with Gasteiger partial charge in [-0.3, -0.25) is 4.90 Å². The number of hydrogen-bond acceptors (Lipinski definition) is 3. The first-order valence-electron chi connectivity index (χ1n) is 7.01. The van der Waals surface area contributed by atoms with Crippen LogP contribution < -0.4 is 4.74 Å². The van der Waals surface area contributed by atoms with Gasteiger partial charge in [-0.05, 0) is 42.6 Å². The Hall–Kier alpha value is -1.27. The van der Waals surface area contributed by atoms with Gasteiger partial charge in [-0.1, -0.05) is 13.0 Å². The van der Waals surface area contributed by atoms with Crippen molar-refractivity contribution in [1.82, 2.24) is 4.90 Å². The molecule has 1 N–H and O–H groups in total. The van der Waals surface area contributed by atoms with Crippen LogP contribution >= 0.6 is 0 Å². The van der Waals surface area contributed by atoms with Crippen molar-refractivity contribution >= 4 is 0 Å². The Balaban J connectivity index is 2.21. The number of alkyl halides is 3. The van der Waals surface area contributed by atoms with E-state index in [0.29, 0.717) is 30.7 Å². The molecule has 1 aromatic rings. The van der Waals surface area contributed by atoms with E-state index < -0.39 is 24.9 Å². The Bertz CT molecular complexity index is 490. The van der Waals surface area contributed by atoms with Gasteiger partial charge in [0.25, 0.3) is 0 Å². The van der Waals surface area contributed by atoms with E-state index in [1.807, 2.05) is 13.0 Å². The van der Waals surface area contributed by atoms with Crippen LogP contribution in [-0.4, -0.2) is 42.4 Å². The molecule has 0 saturated heterocycles. The van der Waals surface area contributed by atoms with Gasteiger partial charge in [0.05, 0.1) is 19.8 Å². The van der Waals surface area contributed by atoms with Crippen molar-refractivity contribution in [2.45, 2.75) is 38.1 Å². The molecule has 2 unspecified atom stereocenters. The molecule has 0 amide bonds. The molecule has 2 atom stereocenters. The monoisotopic (exact) mass is 303 g/mol. The topological polar surface area (TPSA) is 32.7 Å². The predicted octanol–water partition coefficient (Wildman–Crippen LogP) is 2.93. The lowest BCUT2D eigenvalue weighted by atomic mass is 10.1. The molecular formula is C15H20F3NO2. The number of ether oxygens (including phenoxy) is 1. The van der Waals surface area contributed by atoms with Gasteiger partial charge in [-0.15, -0.1) is 0 Å². The summed E-state index contributed by atoms with van der Waals surface area (Å²) in [6, 6.07) is 4.75. The maximum atomic E-state index is 12.7. The average Bonchev–Trinajstić information content (AvgIpc) is 2.74. The summed E-state index contributed by atoms with van der Waals surface area (Å²) < 4.78 is 43.2. The summed E-state index contributed by atoms with van der Waals surface area (Å²) in [5, 5.41) is 10.4. The average molecular weight is 303 g/mol. The van der Waals surface area contributed by atoms with Gasteiger partial charge in [0.15, 0.2) is 0 Å². The molecule has 0 heterocycles. The molecular weight excluding hydrogens is 283 g/mol. The van der Waals surface area contributed by atoms with Gasteiger partial charge in [-0.2, -0.15) is 13.2 Å². The van der Waals surface area contributed by atoms with Gasteiger partial charge in [0, 0.05) is 6.04 Å². The van der Waals surface area contributed by atoms with Crippen LogP contribution in [0.5, 0.6) is 5.75 Å². The molecule has 21 heavy (non-hydrogen) atoms. The Labute approximate surface area is 122 Å². The molecule has 1 aliphatic carbocycles. The minimum atomic E-state index is -4.26. The van der Waals surface area contributed by atoms with Gasteiger partial charge < -0.3 is 9.84 Å². The van der Waals surface area contributed by atoms with Crippen LogP contribution in [0.1, 0.15) is 30.6 Å². The zero-order valence-corrected chi connectivity index (χ0v) is 12.2. The van der Waals surface area contributed by atoms with Gasteiger partial charge in [0.1, 0.15) is 5.75 Å². The molecule has 6 heteroatoms. The standard InChI is InChI=1S/C15H20F3NO2/c1-3-6-19(9-15(16,17)18)13-7-10-4-5-11(21-2)8-12(10)14(13)20/h4-5,8,13-14,20H,3,6-7,9H2,1-2H3. The van der Waals surface area contributed by atoms with E-state index in [2.05, 4.69) is 0 Å². The van der Waals surface area contributed by atoms with Crippen molar-refractivity contribution in [1.29, 1.82) is 0 Å². The highest BCUT2D eigenvalue weighted by Crippen LogP contribution is 2.37. The Morgan fingerprint density at radius 2 is 2.10 bits per heavy atom. The number of rotatable bonds is 5. The number of aliphatic hydroxyl groups is 1. The number of aliphatic hydroxyl groups excluding tert-OH is 1. The minimum absolute atomic E-state index is 0.312. The molecule has 1 aliphatic rings. The fraction of sp³-hybridized carbons (Fsp3) is 0.600. The van der Waals surface area contributed by atoms with E-state index >= 15 is 0 Å². The van der Waals surface area contributed by atoms with Gasteiger partial charge in [-0.25, -0.2) is 0 Å². The third-order valence-electron chi connectivity index (χ3n) is 3.83. The molecule has 0 aromatic heterocycles. The molecule has 0 radical (unpaired) electrons. The first kappa shape index (κ1) is 16.1. The smallest absolute Gasteiger partial charge is 0.401 e. The first-order valence-corrected chi connectivity index (χ1v) is 7.01. The maximum Gasteiger partial charge on any atom is 0.401 e. The highest BCUT2D eigenvalue weighted by atomic mass is 19.4. The summed E-state index contributed by atoms with van der Waals surface area (Å²) in [6.07, 6.45) is -4.14. The van der Waals surface area contributed by atoms with Gasteiger partial charge >= 0.3 is 6.18 Å². The number of halogens is 3. The summed E-state index contributed by atoms with van der Waals surface area (Å²) in [5.74, 6) is 0.603. The highest BCUT2D eigenvalue weighted by Gasteiger charge is 2.40. The fourth-order valence-electron chi connectivity index (χ4n) is 2.91. The second kappa shape index (κ2) is 6.23. The normalized spacial score (nSPS) is 21.7. The van der Waals surface area contributed by atoms with E-state index in [4.69, 9.17) is 4.74 Å². The van der Waals surface area contributed by atoms with Crippen molar-refractivity contribution in [3.05, 3.63) is 29.3 Å². The molecule has 3 nitrogen and oxygen atoms in total. The van der Waals surface area contributed by atoms with Gasteiger partial charge in [0.2, 0.25) is 0 Å². The van der Waals surface area contributed by atoms with E-state index in [0.717, 1.165) is 5.56 Å². The summed E-state index contributed by atoms with van der Waals surface area (Å²) in [7, 11) is 1.52. The van der Waals surface area contributed by atoms with Crippen molar-refractivity contribution in [3.63, 3.8) is 0 Å². The quantitative estimate of drug-likeness (QED) is 0.908. The van der Waals surface area contributed by atoms with Crippen LogP contribution in [0, 0.1) is 0 Å². The van der Waals surface area contributed by atoms with Crippen LogP contribution in [0.4, 0.5) is 13.2 Å². The minimum Gasteiger partial charge on any atom is -0.497 e. The van der Waals surface area contributed by atoms with Crippen LogP contribution in [0.25, 0.3) is 0 Å². The number of fused-ring (bicyclic) bond motifs is 1. The Morgan fingerprint density at radius 1 is 1.38 bits per heavy atom. The zero-order valence-electron chi connectivity index (χ0n) is 12.2. The second-order valence-corrected chi connectivity index (χ2v) is 5.37. The van der Waals surface area contributed by atoms with Crippen molar-refractivity contribution in [2.24, 2.45) is 0 Å². The van der Waals surface area contributed by atoms with Crippen molar-refractivity contribution in [2.75, 3.05) is 20.2 Å². The SMILES string of the molecule is CCCN(CC(F)(F)F)C1Cc2ccc(OC)cc2C1O. The van der Waals surface area contributed by atoms with E-state index in [-0.39, 0.29) is 0 Å². The number of nitrogens with zero attached hydrogens (tertiary/aromatic N) is 1. The summed E-state index contributed by atoms with van der Waals surface area (Å²) in [5.41, 5.74) is 1.55. The van der Waals surface area contributed by atoms with Crippen LogP contribution in [-0.2, 0) is 6.42 Å². The largest absolute Gasteiger partial charge is 0.497 e. The molecule has 0 spiro atoms. The Morgan fingerprint density at radius 3 is 2.67 bits per heavy atom. The molecule has 1 aromatic carbocycles. The summed E-state index contributed by atoms with van der Waals surface area (Å²) in [4.78, 5) is 1.33. The van der Waals surface area contributed by atoms with E-state index in [9.17, 15) is 18.3 Å². The summed E-state index contributed by atoms with van der Waals surface area (Å²) in [6.45, 7) is 1.15. The third kappa shape index (κ3) is 3.68. The molecule has 0 saturated carbocycles. The van der Waals surface area contributed by atoms with Crippen LogP contribution in [0.2, 0.25) is 0 Å². The molecule has 0 fully saturated rings. The number of hydrogen-bond donors (Lipinski definition) is 1. The third-order valence-corrected chi connectivity index (χ3v) is 3.83. The van der Waals surface area contributed by atoms with Crippen LogP contribution in [0.3, 0.4) is 0 Å². The maximum absolute atomic E-state index is 12.7. The molecule has 2 rings (SSSR count). The van der Waals surface area contributed by atoms with Crippen molar-refractivity contribution < 1.29 is 23.0 Å². The lowest BCUT2D eigenvalue weighted by molar-refractivity contribution is -0.155. The highest BCUT2D eigenvalue weighted by molar-refractivity contribution is 5.41. The predicted molar refractivity (Wildman–Crippen MR) is 73.4 cm³/mol. The second-order valence-electron chi connectivity index (χ2n) is 5.37. The summed E-state index contributed by atoms with van der Waals surface area (Å²) >= 11 is 0. The van der Waals surface area contributed by atoms with Crippen molar-refractivity contribution in [3.8, 4) is 5.75 Å². The fourth-order valence-corrected chi connectivity index (χ4v) is 2.91. The molecule has 118 valence electrons. The number of methoxy groups -OCH3 is 1. The molecule has 0 bridgehead atoms. The Kier molecular flexibility index (Phi) is 4.78. The first-order chi connectivity index (χ1) is 9.85. The van der Waals surface area contributed by atoms with Crippen LogP contribution in [0.15, 0.2) is 18.2 Å². The molecule has 0 aliphatic heterocycles. The lowest BCUT2D eigenvalue weighted by Crippen LogP contribution is -2.44. The number of benzene rings is 1. The zero-order chi connectivity index (χ0) is 15.6. The van der Waals surface area contributed by atoms with E-state index in [1.54, 1.807) is 12.1 Å². The van der Waals surface area contributed by atoms with E-state index in [1.165, 1.54) is 12.0 Å².